The summed E-state index contributed by atoms with van der Waals surface area (Å²) < 4.78 is 5.22. The molecule has 3 rings (SSSR count). The summed E-state index contributed by atoms with van der Waals surface area (Å²) in [6.07, 6.45) is 3.73. The number of para-hydroxylation sites is 1. The maximum atomic E-state index is 11.7. The third-order valence-electron chi connectivity index (χ3n) is 3.62. The van der Waals surface area contributed by atoms with E-state index < -0.39 is 0 Å². The predicted molar refractivity (Wildman–Crippen MR) is 77.8 cm³/mol. The molecule has 1 aromatic heterocycles. The smallest absolute Gasteiger partial charge is 0.315 e. The minimum absolute atomic E-state index is 0.111. The Bertz CT molecular complexity index is 588. The van der Waals surface area contributed by atoms with Crippen LogP contribution < -0.4 is 10.6 Å². The average Bonchev–Trinajstić information content (AvgIpc) is 3.09. The highest BCUT2D eigenvalue weighted by Gasteiger charge is 2.17. The highest BCUT2D eigenvalue weighted by atomic mass is 16.5. The fraction of sp³-hybridized carbons (Fsp3) is 0.400. The normalized spacial score (nSPS) is 18.3. The van der Waals surface area contributed by atoms with Crippen molar-refractivity contribution >= 4 is 16.9 Å². The van der Waals surface area contributed by atoms with Gasteiger partial charge in [0.2, 0.25) is 0 Å². The Hall–Kier alpha value is -2.01. The van der Waals surface area contributed by atoms with Crippen molar-refractivity contribution in [2.75, 3.05) is 19.8 Å². The highest BCUT2D eigenvalue weighted by Crippen LogP contribution is 2.17. The Balaban J connectivity index is 1.48. The van der Waals surface area contributed by atoms with Crippen molar-refractivity contribution in [2.24, 2.45) is 0 Å². The zero-order valence-corrected chi connectivity index (χ0v) is 11.3. The van der Waals surface area contributed by atoms with Gasteiger partial charge in [0.1, 0.15) is 0 Å². The number of ether oxygens (including phenoxy) is 1. The summed E-state index contributed by atoms with van der Waals surface area (Å²) in [4.78, 5) is 14.9. The van der Waals surface area contributed by atoms with Crippen LogP contribution in [0.1, 0.15) is 12.0 Å². The van der Waals surface area contributed by atoms with Crippen LogP contribution >= 0.6 is 0 Å². The van der Waals surface area contributed by atoms with Gasteiger partial charge in [-0.15, -0.1) is 0 Å². The first kappa shape index (κ1) is 13.0. The first-order chi connectivity index (χ1) is 9.83. The minimum Gasteiger partial charge on any atom is -0.379 e. The van der Waals surface area contributed by atoms with Crippen LogP contribution in [0.25, 0.3) is 10.9 Å². The van der Waals surface area contributed by atoms with Gasteiger partial charge >= 0.3 is 6.03 Å². The molecule has 106 valence electrons. The fourth-order valence-corrected chi connectivity index (χ4v) is 2.53. The van der Waals surface area contributed by atoms with E-state index in [2.05, 4.69) is 27.8 Å². The third kappa shape index (κ3) is 2.93. The second-order valence-electron chi connectivity index (χ2n) is 5.07. The maximum Gasteiger partial charge on any atom is 0.315 e. The van der Waals surface area contributed by atoms with Gasteiger partial charge in [0.05, 0.1) is 12.6 Å². The number of urea groups is 1. The van der Waals surface area contributed by atoms with E-state index in [1.54, 1.807) is 0 Å². The lowest BCUT2D eigenvalue weighted by molar-refractivity contribution is 0.188. The van der Waals surface area contributed by atoms with Gasteiger partial charge in [0, 0.05) is 30.3 Å². The summed E-state index contributed by atoms with van der Waals surface area (Å²) in [5.41, 5.74) is 2.36. The number of benzene rings is 1. The van der Waals surface area contributed by atoms with Gasteiger partial charge in [-0.1, -0.05) is 18.2 Å². The van der Waals surface area contributed by atoms with Crippen molar-refractivity contribution in [3.63, 3.8) is 0 Å². The molecule has 1 saturated heterocycles. The number of amides is 2. The largest absolute Gasteiger partial charge is 0.379 e. The van der Waals surface area contributed by atoms with Crippen molar-refractivity contribution < 1.29 is 9.53 Å². The molecule has 5 heteroatoms. The van der Waals surface area contributed by atoms with Crippen LogP contribution in [0.2, 0.25) is 0 Å². The second-order valence-corrected chi connectivity index (χ2v) is 5.07. The van der Waals surface area contributed by atoms with E-state index in [0.717, 1.165) is 25.0 Å². The number of H-pyrrole nitrogens is 1. The number of rotatable bonds is 4. The summed E-state index contributed by atoms with van der Waals surface area (Å²) >= 11 is 0. The van der Waals surface area contributed by atoms with Crippen molar-refractivity contribution in [3.8, 4) is 0 Å². The van der Waals surface area contributed by atoms with E-state index in [4.69, 9.17) is 4.74 Å². The molecule has 0 spiro atoms. The van der Waals surface area contributed by atoms with Gasteiger partial charge in [-0.3, -0.25) is 0 Å². The molecule has 20 heavy (non-hydrogen) atoms. The molecule has 0 saturated carbocycles. The topological polar surface area (TPSA) is 66.2 Å². The summed E-state index contributed by atoms with van der Waals surface area (Å²) in [6, 6.07) is 8.23. The standard InChI is InChI=1S/C15H19N3O2/c19-15(18-12-6-8-20-10-12)16-7-5-11-9-17-14-4-2-1-3-13(11)14/h1-4,9,12,17H,5-8,10H2,(H2,16,18,19). The van der Waals surface area contributed by atoms with Crippen molar-refractivity contribution in [1.29, 1.82) is 0 Å². The van der Waals surface area contributed by atoms with Crippen molar-refractivity contribution in [1.82, 2.24) is 15.6 Å². The molecular formula is C15H19N3O2. The van der Waals surface area contributed by atoms with Gasteiger partial charge in [0.15, 0.2) is 0 Å². The first-order valence-corrected chi connectivity index (χ1v) is 7.00. The molecule has 1 fully saturated rings. The molecule has 3 N–H and O–H groups in total. The van der Waals surface area contributed by atoms with E-state index in [-0.39, 0.29) is 12.1 Å². The number of aromatic nitrogens is 1. The quantitative estimate of drug-likeness (QED) is 0.795. The van der Waals surface area contributed by atoms with Crippen molar-refractivity contribution in [2.45, 2.75) is 18.9 Å². The molecule has 2 aromatic rings. The van der Waals surface area contributed by atoms with E-state index in [9.17, 15) is 4.79 Å². The number of fused-ring (bicyclic) bond motifs is 1. The molecule has 0 aliphatic carbocycles. The highest BCUT2D eigenvalue weighted by molar-refractivity contribution is 5.83. The molecule has 2 amide bonds. The van der Waals surface area contributed by atoms with Gasteiger partial charge in [-0.25, -0.2) is 4.79 Å². The summed E-state index contributed by atoms with van der Waals surface area (Å²) in [7, 11) is 0. The summed E-state index contributed by atoms with van der Waals surface area (Å²) in [5.74, 6) is 0. The first-order valence-electron chi connectivity index (χ1n) is 7.00. The van der Waals surface area contributed by atoms with Crippen LogP contribution in [0.15, 0.2) is 30.5 Å². The van der Waals surface area contributed by atoms with E-state index >= 15 is 0 Å². The maximum absolute atomic E-state index is 11.7. The summed E-state index contributed by atoms with van der Waals surface area (Å²) in [6.45, 7) is 1.98. The molecule has 0 bridgehead atoms. The molecule has 5 nitrogen and oxygen atoms in total. The summed E-state index contributed by atoms with van der Waals surface area (Å²) in [5, 5.41) is 7.03. The monoisotopic (exact) mass is 273 g/mol. The van der Waals surface area contributed by atoms with Crippen LogP contribution in [-0.4, -0.2) is 36.8 Å². The molecule has 1 aliphatic heterocycles. The van der Waals surface area contributed by atoms with Crippen LogP contribution in [0.4, 0.5) is 4.79 Å². The second kappa shape index (κ2) is 5.96. The molecule has 1 unspecified atom stereocenters. The Kier molecular flexibility index (Phi) is 3.87. The molecule has 1 aliphatic rings. The molecule has 0 radical (unpaired) electrons. The van der Waals surface area contributed by atoms with Crippen molar-refractivity contribution in [3.05, 3.63) is 36.0 Å². The number of carbonyl (C=O) groups is 1. The number of nitrogens with one attached hydrogen (secondary N) is 3. The lowest BCUT2D eigenvalue weighted by atomic mass is 10.1. The number of hydrogen-bond donors (Lipinski definition) is 3. The van der Waals surface area contributed by atoms with E-state index in [1.807, 2.05) is 18.3 Å². The number of carbonyl (C=O) groups excluding carboxylic acids is 1. The fourth-order valence-electron chi connectivity index (χ4n) is 2.53. The zero-order valence-electron chi connectivity index (χ0n) is 11.3. The van der Waals surface area contributed by atoms with Gasteiger partial charge < -0.3 is 20.4 Å². The number of hydrogen-bond acceptors (Lipinski definition) is 2. The van der Waals surface area contributed by atoms with Gasteiger partial charge in [0.25, 0.3) is 0 Å². The van der Waals surface area contributed by atoms with Gasteiger partial charge in [-0.05, 0) is 24.5 Å². The van der Waals surface area contributed by atoms with Crippen LogP contribution in [-0.2, 0) is 11.2 Å². The molecule has 1 aromatic carbocycles. The zero-order chi connectivity index (χ0) is 13.8. The van der Waals surface area contributed by atoms with Gasteiger partial charge in [-0.2, -0.15) is 0 Å². The molecule has 2 heterocycles. The lowest BCUT2D eigenvalue weighted by Gasteiger charge is -2.11. The molecule has 1 atom stereocenters. The Morgan fingerprint density at radius 1 is 1.40 bits per heavy atom. The lowest BCUT2D eigenvalue weighted by Crippen LogP contribution is -2.42. The van der Waals surface area contributed by atoms with Crippen LogP contribution in [0, 0.1) is 0 Å². The Morgan fingerprint density at radius 3 is 3.15 bits per heavy atom. The predicted octanol–water partition coefficient (Wildman–Crippen LogP) is 1.80. The average molecular weight is 273 g/mol. The minimum atomic E-state index is -0.111. The van der Waals surface area contributed by atoms with Crippen LogP contribution in [0.3, 0.4) is 0 Å². The van der Waals surface area contributed by atoms with E-state index in [0.29, 0.717) is 13.2 Å². The SMILES string of the molecule is O=C(NCCc1c[nH]c2ccccc12)NC1CCOC1. The third-order valence-corrected chi connectivity index (χ3v) is 3.62. The van der Waals surface area contributed by atoms with E-state index in [1.165, 1.54) is 10.9 Å². The van der Waals surface area contributed by atoms with Crippen LogP contribution in [0.5, 0.6) is 0 Å². The Labute approximate surface area is 117 Å². The Morgan fingerprint density at radius 2 is 2.30 bits per heavy atom. The molecular weight excluding hydrogens is 254 g/mol. The number of aromatic amines is 1.